The molecule has 3 atom stereocenters. The predicted molar refractivity (Wildman–Crippen MR) is 74.1 cm³/mol. The van der Waals surface area contributed by atoms with Gasteiger partial charge in [0.2, 0.25) is 5.88 Å². The van der Waals surface area contributed by atoms with E-state index in [4.69, 9.17) is 14.6 Å². The number of hydrogen-bond acceptors (Lipinski definition) is 5. The number of rotatable bonds is 2. The van der Waals surface area contributed by atoms with E-state index in [-0.39, 0.29) is 0 Å². The molecule has 2 aliphatic rings. The Balaban J connectivity index is 0.000000236. The molecule has 2 N–H and O–H groups in total. The topological polar surface area (TPSA) is 84.3 Å². The van der Waals surface area contributed by atoms with Crippen molar-refractivity contribution in [2.45, 2.75) is 57.0 Å². The van der Waals surface area contributed by atoms with E-state index in [1.54, 1.807) is 12.4 Å². The zero-order valence-corrected chi connectivity index (χ0v) is 12.5. The van der Waals surface area contributed by atoms with Crippen LogP contribution in [0.4, 0.5) is 13.2 Å². The molecule has 3 rings (SSSR count). The van der Waals surface area contributed by atoms with E-state index < -0.39 is 12.1 Å². The van der Waals surface area contributed by atoms with Crippen LogP contribution < -0.4 is 10.1 Å². The standard InChI is InChI=1S/C12H17N3O.C2HF3O2/c1-8-6-14-12(7-13-8)16-11-4-9-2-3-10(5-11)15-9;3-2(4,5)1(6)7/h6-7,9-11,15H,2-5H2,1H3;(H,6,7)/t9-,10+,11?;. The molecule has 0 saturated carbocycles. The highest BCUT2D eigenvalue weighted by Crippen LogP contribution is 2.28. The molecule has 0 amide bonds. The van der Waals surface area contributed by atoms with E-state index in [1.165, 1.54) is 12.8 Å². The van der Waals surface area contributed by atoms with Gasteiger partial charge in [-0.3, -0.25) is 4.98 Å². The summed E-state index contributed by atoms with van der Waals surface area (Å²) in [5.41, 5.74) is 0.928. The average molecular weight is 333 g/mol. The van der Waals surface area contributed by atoms with E-state index >= 15 is 0 Å². The molecule has 2 aliphatic heterocycles. The van der Waals surface area contributed by atoms with Gasteiger partial charge >= 0.3 is 12.1 Å². The Labute approximate surface area is 131 Å². The number of carboxylic acid groups (broad SMARTS) is 1. The summed E-state index contributed by atoms with van der Waals surface area (Å²) >= 11 is 0. The Morgan fingerprint density at radius 2 is 1.83 bits per heavy atom. The lowest BCUT2D eigenvalue weighted by Crippen LogP contribution is -2.42. The molecule has 128 valence electrons. The Morgan fingerprint density at radius 3 is 2.26 bits per heavy atom. The van der Waals surface area contributed by atoms with E-state index in [1.807, 2.05) is 6.92 Å². The third kappa shape index (κ3) is 5.34. The molecule has 2 fully saturated rings. The van der Waals surface area contributed by atoms with Gasteiger partial charge in [0.15, 0.2) is 0 Å². The molecule has 0 spiro atoms. The smallest absolute Gasteiger partial charge is 0.475 e. The van der Waals surface area contributed by atoms with Crippen LogP contribution in [0.1, 0.15) is 31.4 Å². The number of aryl methyl sites for hydroxylation is 1. The number of aromatic nitrogens is 2. The molecule has 3 heterocycles. The number of piperidine rings is 1. The van der Waals surface area contributed by atoms with Crippen molar-refractivity contribution in [1.29, 1.82) is 0 Å². The first-order valence-electron chi connectivity index (χ1n) is 7.25. The lowest BCUT2D eigenvalue weighted by Gasteiger charge is -2.28. The van der Waals surface area contributed by atoms with Crippen LogP contribution in [0.2, 0.25) is 0 Å². The Hall–Kier alpha value is -1.90. The molecular formula is C14H18F3N3O3. The summed E-state index contributed by atoms with van der Waals surface area (Å²) in [4.78, 5) is 17.3. The number of fused-ring (bicyclic) bond motifs is 2. The minimum absolute atomic E-state index is 0.316. The summed E-state index contributed by atoms with van der Waals surface area (Å²) in [6.07, 6.45) is 3.51. The highest BCUT2D eigenvalue weighted by Gasteiger charge is 2.38. The van der Waals surface area contributed by atoms with Crippen LogP contribution in [-0.2, 0) is 4.79 Å². The second-order valence-corrected chi connectivity index (χ2v) is 5.65. The maximum atomic E-state index is 10.6. The van der Waals surface area contributed by atoms with Gasteiger partial charge in [0.05, 0.1) is 18.1 Å². The number of nitrogens with zero attached hydrogens (tertiary/aromatic N) is 2. The summed E-state index contributed by atoms with van der Waals surface area (Å²) in [7, 11) is 0. The van der Waals surface area contributed by atoms with Crippen LogP contribution in [-0.4, -0.2) is 45.4 Å². The summed E-state index contributed by atoms with van der Waals surface area (Å²) < 4.78 is 37.6. The fourth-order valence-electron chi connectivity index (χ4n) is 2.71. The van der Waals surface area contributed by atoms with Crippen LogP contribution in [0.25, 0.3) is 0 Å². The van der Waals surface area contributed by atoms with Gasteiger partial charge in [0.1, 0.15) is 6.10 Å². The van der Waals surface area contributed by atoms with E-state index in [2.05, 4.69) is 15.3 Å². The molecule has 2 saturated heterocycles. The van der Waals surface area contributed by atoms with E-state index in [9.17, 15) is 13.2 Å². The molecule has 9 heteroatoms. The SMILES string of the molecule is Cc1cnc(OC2C[C@H]3CC[C@@H](C2)N3)cn1.O=C(O)C(F)(F)F. The molecule has 0 aromatic carbocycles. The lowest BCUT2D eigenvalue weighted by atomic mass is 10.0. The van der Waals surface area contributed by atoms with Gasteiger partial charge in [-0.05, 0) is 32.6 Å². The molecule has 23 heavy (non-hydrogen) atoms. The van der Waals surface area contributed by atoms with Crippen LogP contribution in [0.3, 0.4) is 0 Å². The number of alkyl halides is 3. The first kappa shape index (κ1) is 17.5. The van der Waals surface area contributed by atoms with Crippen LogP contribution in [0, 0.1) is 6.92 Å². The molecular weight excluding hydrogens is 315 g/mol. The maximum absolute atomic E-state index is 10.6. The minimum atomic E-state index is -5.08. The first-order chi connectivity index (χ1) is 10.7. The van der Waals surface area contributed by atoms with Gasteiger partial charge in [-0.1, -0.05) is 0 Å². The molecule has 0 radical (unpaired) electrons. The van der Waals surface area contributed by atoms with Gasteiger partial charge in [-0.25, -0.2) is 9.78 Å². The fourth-order valence-corrected chi connectivity index (χ4v) is 2.71. The molecule has 1 aromatic rings. The van der Waals surface area contributed by atoms with Crippen molar-refractivity contribution in [3.63, 3.8) is 0 Å². The quantitative estimate of drug-likeness (QED) is 0.862. The number of carbonyl (C=O) groups is 1. The average Bonchev–Trinajstić information content (AvgIpc) is 2.80. The van der Waals surface area contributed by atoms with E-state index in [0.29, 0.717) is 24.1 Å². The second kappa shape index (κ2) is 7.12. The fraction of sp³-hybridized carbons (Fsp3) is 0.643. The molecule has 2 bridgehead atoms. The van der Waals surface area contributed by atoms with Gasteiger partial charge < -0.3 is 15.2 Å². The minimum Gasteiger partial charge on any atom is -0.475 e. The van der Waals surface area contributed by atoms with Gasteiger partial charge in [-0.2, -0.15) is 13.2 Å². The Morgan fingerprint density at radius 1 is 1.26 bits per heavy atom. The third-order valence-corrected chi connectivity index (χ3v) is 3.72. The van der Waals surface area contributed by atoms with Gasteiger partial charge in [-0.15, -0.1) is 0 Å². The van der Waals surface area contributed by atoms with Crippen molar-refractivity contribution in [3.8, 4) is 5.88 Å². The van der Waals surface area contributed by atoms with Crippen LogP contribution >= 0.6 is 0 Å². The number of carboxylic acids is 1. The van der Waals surface area contributed by atoms with Crippen molar-refractivity contribution >= 4 is 5.97 Å². The van der Waals surface area contributed by atoms with Crippen LogP contribution in [0.15, 0.2) is 12.4 Å². The highest BCUT2D eigenvalue weighted by molar-refractivity contribution is 5.73. The maximum Gasteiger partial charge on any atom is 0.490 e. The number of halogens is 3. The highest BCUT2D eigenvalue weighted by atomic mass is 19.4. The normalized spacial score (nSPS) is 26.2. The zero-order valence-electron chi connectivity index (χ0n) is 12.5. The monoisotopic (exact) mass is 333 g/mol. The van der Waals surface area contributed by atoms with Crippen molar-refractivity contribution in [1.82, 2.24) is 15.3 Å². The Bertz CT molecular complexity index is 524. The number of nitrogens with one attached hydrogen (secondary N) is 1. The first-order valence-corrected chi connectivity index (χ1v) is 7.25. The molecule has 6 nitrogen and oxygen atoms in total. The number of hydrogen-bond donors (Lipinski definition) is 2. The van der Waals surface area contributed by atoms with Crippen molar-refractivity contribution in [2.75, 3.05) is 0 Å². The van der Waals surface area contributed by atoms with Crippen LogP contribution in [0.5, 0.6) is 5.88 Å². The number of ether oxygens (including phenoxy) is 1. The molecule has 1 unspecified atom stereocenters. The zero-order chi connectivity index (χ0) is 17.0. The molecule has 0 aliphatic carbocycles. The second-order valence-electron chi connectivity index (χ2n) is 5.65. The van der Waals surface area contributed by atoms with Crippen molar-refractivity contribution in [2.24, 2.45) is 0 Å². The van der Waals surface area contributed by atoms with Gasteiger partial charge in [0, 0.05) is 12.1 Å². The predicted octanol–water partition coefficient (Wildman–Crippen LogP) is 2.08. The van der Waals surface area contributed by atoms with Crippen molar-refractivity contribution < 1.29 is 27.8 Å². The molecule has 1 aromatic heterocycles. The largest absolute Gasteiger partial charge is 0.490 e. The lowest BCUT2D eigenvalue weighted by molar-refractivity contribution is -0.192. The van der Waals surface area contributed by atoms with E-state index in [0.717, 1.165) is 18.5 Å². The Kier molecular flexibility index (Phi) is 5.40. The van der Waals surface area contributed by atoms with Crippen molar-refractivity contribution in [3.05, 3.63) is 18.1 Å². The van der Waals surface area contributed by atoms with Gasteiger partial charge in [0.25, 0.3) is 0 Å². The summed E-state index contributed by atoms with van der Waals surface area (Å²) in [6.45, 7) is 1.93. The third-order valence-electron chi connectivity index (χ3n) is 3.72. The summed E-state index contributed by atoms with van der Waals surface area (Å²) in [6, 6.07) is 1.31. The number of aliphatic carboxylic acids is 1. The summed E-state index contributed by atoms with van der Waals surface area (Å²) in [5.74, 6) is -2.09. The summed E-state index contributed by atoms with van der Waals surface area (Å²) in [5, 5.41) is 10.7.